The van der Waals surface area contributed by atoms with E-state index >= 15 is 0 Å². The van der Waals surface area contributed by atoms with Crippen molar-refractivity contribution in [3.05, 3.63) is 36.2 Å². The Morgan fingerprint density at radius 2 is 1.68 bits per heavy atom. The van der Waals surface area contributed by atoms with Crippen molar-refractivity contribution in [2.45, 2.75) is 27.2 Å². The van der Waals surface area contributed by atoms with E-state index in [2.05, 4.69) is 25.9 Å². The number of carbonyl (C=O) groups excluding carboxylic acids is 1. The zero-order valence-electron chi connectivity index (χ0n) is 13.1. The fourth-order valence-electron chi connectivity index (χ4n) is 1.94. The van der Waals surface area contributed by atoms with Crippen molar-refractivity contribution in [2.75, 3.05) is 22.5 Å². The topological polar surface area (TPSA) is 78.9 Å². The second-order valence-corrected chi connectivity index (χ2v) is 4.82. The van der Waals surface area contributed by atoms with Gasteiger partial charge in [0.15, 0.2) is 0 Å². The van der Waals surface area contributed by atoms with Gasteiger partial charge in [-0.3, -0.25) is 4.79 Å². The first-order valence-corrected chi connectivity index (χ1v) is 7.37. The van der Waals surface area contributed by atoms with Crippen molar-refractivity contribution >= 4 is 28.9 Å². The van der Waals surface area contributed by atoms with E-state index in [0.29, 0.717) is 12.2 Å². The zero-order chi connectivity index (χ0) is 15.9. The molecule has 1 aromatic carbocycles. The predicted molar refractivity (Wildman–Crippen MR) is 89.6 cm³/mol. The molecule has 0 atom stereocenters. The molecule has 0 aliphatic heterocycles. The first kappa shape index (κ1) is 15.8. The summed E-state index contributed by atoms with van der Waals surface area (Å²) in [5.74, 6) is 2.23. The standard InChI is InChI=1S/C16H21N5O/c1-4-16(22)21-13-8-6-12(7-9-13)20-15-10-14(17-5-2)18-11(3)19-15/h6-10H,4-5H2,1-3H3,(H,21,22)(H2,17,18,19,20). The van der Waals surface area contributed by atoms with Crippen LogP contribution in [0, 0.1) is 6.92 Å². The lowest BCUT2D eigenvalue weighted by Crippen LogP contribution is -2.09. The first-order chi connectivity index (χ1) is 10.6. The van der Waals surface area contributed by atoms with Crippen molar-refractivity contribution in [1.29, 1.82) is 0 Å². The molecule has 0 unspecified atom stereocenters. The fourth-order valence-corrected chi connectivity index (χ4v) is 1.94. The zero-order valence-corrected chi connectivity index (χ0v) is 13.1. The second kappa shape index (κ2) is 7.40. The van der Waals surface area contributed by atoms with E-state index in [1.54, 1.807) is 0 Å². The molecule has 22 heavy (non-hydrogen) atoms. The Kier molecular flexibility index (Phi) is 5.30. The third kappa shape index (κ3) is 4.44. The maximum atomic E-state index is 11.3. The van der Waals surface area contributed by atoms with Crippen LogP contribution in [0.2, 0.25) is 0 Å². The van der Waals surface area contributed by atoms with Gasteiger partial charge in [-0.15, -0.1) is 0 Å². The molecule has 2 aromatic rings. The molecular formula is C16H21N5O. The van der Waals surface area contributed by atoms with Gasteiger partial charge in [0.25, 0.3) is 0 Å². The molecule has 2 rings (SSSR count). The molecule has 0 aliphatic rings. The number of anilines is 4. The second-order valence-electron chi connectivity index (χ2n) is 4.82. The van der Waals surface area contributed by atoms with Gasteiger partial charge in [0.05, 0.1) is 0 Å². The van der Waals surface area contributed by atoms with Crippen LogP contribution >= 0.6 is 0 Å². The summed E-state index contributed by atoms with van der Waals surface area (Å²) in [6.07, 6.45) is 0.466. The van der Waals surface area contributed by atoms with Crippen molar-refractivity contribution in [3.8, 4) is 0 Å². The molecule has 0 radical (unpaired) electrons. The first-order valence-electron chi connectivity index (χ1n) is 7.37. The number of amides is 1. The number of hydrogen-bond acceptors (Lipinski definition) is 5. The van der Waals surface area contributed by atoms with Gasteiger partial charge in [0.2, 0.25) is 5.91 Å². The smallest absolute Gasteiger partial charge is 0.224 e. The van der Waals surface area contributed by atoms with Crippen molar-refractivity contribution in [3.63, 3.8) is 0 Å². The van der Waals surface area contributed by atoms with Crippen LogP contribution in [0.4, 0.5) is 23.0 Å². The molecule has 0 bridgehead atoms. The number of rotatable bonds is 6. The van der Waals surface area contributed by atoms with Crippen LogP contribution in [-0.2, 0) is 4.79 Å². The van der Waals surface area contributed by atoms with Crippen LogP contribution in [0.3, 0.4) is 0 Å². The lowest BCUT2D eigenvalue weighted by atomic mass is 10.2. The number of aryl methyl sites for hydroxylation is 1. The Hall–Kier alpha value is -2.63. The molecular weight excluding hydrogens is 278 g/mol. The molecule has 116 valence electrons. The third-order valence-electron chi connectivity index (χ3n) is 2.96. The summed E-state index contributed by atoms with van der Waals surface area (Å²) in [6, 6.07) is 9.37. The van der Waals surface area contributed by atoms with E-state index in [-0.39, 0.29) is 5.91 Å². The van der Waals surface area contributed by atoms with E-state index in [1.807, 2.05) is 51.1 Å². The van der Waals surface area contributed by atoms with Crippen LogP contribution in [-0.4, -0.2) is 22.4 Å². The number of nitrogens with zero attached hydrogens (tertiary/aromatic N) is 2. The lowest BCUT2D eigenvalue weighted by molar-refractivity contribution is -0.115. The largest absolute Gasteiger partial charge is 0.370 e. The minimum Gasteiger partial charge on any atom is -0.370 e. The van der Waals surface area contributed by atoms with Gasteiger partial charge in [0, 0.05) is 30.4 Å². The molecule has 0 aliphatic carbocycles. The summed E-state index contributed by atoms with van der Waals surface area (Å²) in [6.45, 7) is 6.51. The Morgan fingerprint density at radius 1 is 1.05 bits per heavy atom. The van der Waals surface area contributed by atoms with Crippen molar-refractivity contribution in [1.82, 2.24) is 9.97 Å². The van der Waals surface area contributed by atoms with Crippen LogP contribution in [0.1, 0.15) is 26.1 Å². The maximum absolute atomic E-state index is 11.3. The highest BCUT2D eigenvalue weighted by molar-refractivity contribution is 5.90. The van der Waals surface area contributed by atoms with Gasteiger partial charge in [-0.05, 0) is 38.1 Å². The average Bonchev–Trinajstić information content (AvgIpc) is 2.49. The van der Waals surface area contributed by atoms with Gasteiger partial charge in [-0.2, -0.15) is 0 Å². The summed E-state index contributed by atoms with van der Waals surface area (Å²) >= 11 is 0. The Balaban J connectivity index is 2.09. The fraction of sp³-hybridized carbons (Fsp3) is 0.312. The minimum absolute atomic E-state index is 0.00224. The molecule has 3 N–H and O–H groups in total. The van der Waals surface area contributed by atoms with E-state index in [9.17, 15) is 4.79 Å². The SMILES string of the molecule is CCNc1cc(Nc2ccc(NC(=O)CC)cc2)nc(C)n1. The molecule has 1 amide bonds. The minimum atomic E-state index is 0.00224. The maximum Gasteiger partial charge on any atom is 0.224 e. The molecule has 0 saturated heterocycles. The van der Waals surface area contributed by atoms with E-state index < -0.39 is 0 Å². The summed E-state index contributed by atoms with van der Waals surface area (Å²) in [5.41, 5.74) is 1.68. The monoisotopic (exact) mass is 299 g/mol. The highest BCUT2D eigenvalue weighted by Gasteiger charge is 2.03. The Labute approximate surface area is 130 Å². The molecule has 1 heterocycles. The molecule has 0 spiro atoms. The molecule has 0 saturated carbocycles. The van der Waals surface area contributed by atoms with Crippen LogP contribution in [0.15, 0.2) is 30.3 Å². The number of aromatic nitrogens is 2. The molecule has 6 nitrogen and oxygen atoms in total. The highest BCUT2D eigenvalue weighted by Crippen LogP contribution is 2.19. The van der Waals surface area contributed by atoms with Crippen LogP contribution in [0.25, 0.3) is 0 Å². The lowest BCUT2D eigenvalue weighted by Gasteiger charge is -2.10. The summed E-state index contributed by atoms with van der Waals surface area (Å²) in [5, 5.41) is 9.22. The summed E-state index contributed by atoms with van der Waals surface area (Å²) < 4.78 is 0. The van der Waals surface area contributed by atoms with Crippen LogP contribution < -0.4 is 16.0 Å². The van der Waals surface area contributed by atoms with Gasteiger partial charge in [-0.1, -0.05) is 6.92 Å². The van der Waals surface area contributed by atoms with Gasteiger partial charge in [-0.25, -0.2) is 9.97 Å². The van der Waals surface area contributed by atoms with E-state index in [4.69, 9.17) is 0 Å². The molecule has 0 fully saturated rings. The molecule has 1 aromatic heterocycles. The summed E-state index contributed by atoms with van der Waals surface area (Å²) in [4.78, 5) is 20.0. The summed E-state index contributed by atoms with van der Waals surface area (Å²) in [7, 11) is 0. The highest BCUT2D eigenvalue weighted by atomic mass is 16.1. The number of carbonyl (C=O) groups is 1. The predicted octanol–water partition coefficient (Wildman–Crippen LogP) is 3.31. The van der Waals surface area contributed by atoms with Crippen molar-refractivity contribution in [2.24, 2.45) is 0 Å². The van der Waals surface area contributed by atoms with E-state index in [0.717, 1.165) is 29.6 Å². The Bertz CT molecular complexity index is 639. The van der Waals surface area contributed by atoms with Crippen molar-refractivity contribution < 1.29 is 4.79 Å². The number of nitrogens with one attached hydrogen (secondary N) is 3. The normalized spacial score (nSPS) is 10.1. The molecule has 6 heteroatoms. The van der Waals surface area contributed by atoms with Crippen LogP contribution in [0.5, 0.6) is 0 Å². The number of hydrogen-bond donors (Lipinski definition) is 3. The van der Waals surface area contributed by atoms with E-state index in [1.165, 1.54) is 0 Å². The third-order valence-corrected chi connectivity index (χ3v) is 2.96. The van der Waals surface area contributed by atoms with Gasteiger partial charge in [0.1, 0.15) is 17.5 Å². The van der Waals surface area contributed by atoms with Gasteiger partial charge >= 0.3 is 0 Å². The number of benzene rings is 1. The van der Waals surface area contributed by atoms with Gasteiger partial charge < -0.3 is 16.0 Å². The Morgan fingerprint density at radius 3 is 2.32 bits per heavy atom. The average molecular weight is 299 g/mol. The quantitative estimate of drug-likeness (QED) is 0.762.